The first-order chi connectivity index (χ1) is 12.1. The van der Waals surface area contributed by atoms with Crippen molar-refractivity contribution in [1.82, 2.24) is 0 Å². The summed E-state index contributed by atoms with van der Waals surface area (Å²) >= 11 is 0. The Hall–Kier alpha value is -1.32. The summed E-state index contributed by atoms with van der Waals surface area (Å²) in [6.45, 7) is 3.85. The van der Waals surface area contributed by atoms with Gasteiger partial charge >= 0.3 is 6.18 Å². The van der Waals surface area contributed by atoms with Gasteiger partial charge in [0.1, 0.15) is 17.2 Å². The first kappa shape index (κ1) is 26.7. The maximum absolute atomic E-state index is 12.9. The molecule has 0 spiro atoms. The van der Waals surface area contributed by atoms with E-state index in [4.69, 9.17) is 4.42 Å². The van der Waals surface area contributed by atoms with Crippen LogP contribution < -0.4 is 4.31 Å². The van der Waals surface area contributed by atoms with Crippen LogP contribution in [-0.4, -0.2) is 26.2 Å². The number of anilines is 1. The summed E-state index contributed by atoms with van der Waals surface area (Å²) in [5.41, 5.74) is 0.530. The summed E-state index contributed by atoms with van der Waals surface area (Å²) in [4.78, 5) is -0.571. The van der Waals surface area contributed by atoms with Crippen molar-refractivity contribution in [3.05, 3.63) is 60.7 Å². The average molecular weight is 493 g/mol. The number of fused-ring (bicyclic) bond motifs is 1. The number of aliphatic hydroxyl groups is 1. The quantitative estimate of drug-likeness (QED) is 0.587. The minimum Gasteiger partial charge on any atom is -0.506 e. The average Bonchev–Trinajstić information content (AvgIpc) is 3.04. The maximum Gasteiger partial charge on any atom is 0.407 e. The Kier molecular flexibility index (Phi) is 9.47. The number of nitrogens with zero attached hydrogens (tertiary/aromatic N) is 1. The number of hydrogen-bond donors (Lipinski definition) is 1. The summed E-state index contributed by atoms with van der Waals surface area (Å²) in [5.74, 6) is -1.19. The number of halogens is 3. The van der Waals surface area contributed by atoms with Crippen LogP contribution in [0.5, 0.6) is 0 Å². The molecule has 28 heavy (non-hydrogen) atoms. The van der Waals surface area contributed by atoms with E-state index in [1.807, 2.05) is 13.8 Å². The van der Waals surface area contributed by atoms with Gasteiger partial charge in [-0.05, 0) is 18.6 Å². The van der Waals surface area contributed by atoms with Crippen molar-refractivity contribution >= 4 is 26.6 Å². The Balaban J connectivity index is 0.00000177. The smallest absolute Gasteiger partial charge is 0.407 e. The number of sulfonamides is 1. The minimum absolute atomic E-state index is 0. The molecule has 0 fully saturated rings. The predicted molar refractivity (Wildman–Crippen MR) is 99.4 cm³/mol. The number of benzene rings is 1. The number of aryl methyl sites for hydroxylation is 1. The van der Waals surface area contributed by atoms with Crippen LogP contribution in [-0.2, 0) is 42.7 Å². The second kappa shape index (κ2) is 9.94. The fourth-order valence-electron chi connectivity index (χ4n) is 2.55. The van der Waals surface area contributed by atoms with Gasteiger partial charge in [-0.1, -0.05) is 38.1 Å². The molecule has 3 rings (SSSR count). The first-order valence-electron chi connectivity index (χ1n) is 7.79. The summed E-state index contributed by atoms with van der Waals surface area (Å²) in [7, 11) is -4.66. The Morgan fingerprint density at radius 2 is 1.68 bits per heavy atom. The van der Waals surface area contributed by atoms with Crippen LogP contribution in [0.1, 0.15) is 30.5 Å². The Morgan fingerprint density at radius 1 is 1.11 bits per heavy atom. The molecule has 0 aliphatic carbocycles. The van der Waals surface area contributed by atoms with E-state index in [2.05, 4.69) is 0 Å². The fraction of sp³-hybridized carbons (Fsp3) is 0.278. The largest absolute Gasteiger partial charge is 0.506 e. The summed E-state index contributed by atoms with van der Waals surface area (Å²) < 4.78 is 69.1. The van der Waals surface area contributed by atoms with Gasteiger partial charge in [-0.25, -0.2) is 12.7 Å². The molecule has 1 N–H and O–H groups in total. The molecule has 2 aromatic rings. The molecule has 1 aliphatic rings. The van der Waals surface area contributed by atoms with Crippen LogP contribution in [0.2, 0.25) is 0 Å². The molecule has 10 heteroatoms. The maximum atomic E-state index is 12.9. The van der Waals surface area contributed by atoms with Crippen molar-refractivity contribution in [2.24, 2.45) is 0 Å². The summed E-state index contributed by atoms with van der Waals surface area (Å²) in [6.07, 6.45) is -3.75. The van der Waals surface area contributed by atoms with Crippen LogP contribution in [0, 0.1) is 14.4 Å². The summed E-state index contributed by atoms with van der Waals surface area (Å²) in [5, 5.41) is 10.4. The van der Waals surface area contributed by atoms with Gasteiger partial charge in [0.15, 0.2) is 0 Å². The third kappa shape index (κ3) is 4.99. The number of hydrogen-bond acceptors (Lipinski definition) is 4. The van der Waals surface area contributed by atoms with E-state index < -0.39 is 39.3 Å². The van der Waals surface area contributed by atoms with Gasteiger partial charge in [0.05, 0.1) is 11.8 Å². The van der Waals surface area contributed by atoms with Crippen LogP contribution in [0.25, 0.3) is 10.7 Å². The minimum atomic E-state index is -4.78. The zero-order valence-corrected chi connectivity index (χ0v) is 19.6. The SMILES string of the molecule is CC.Cc1ccccc1C1=C(O)c2ccoc2N(CC(F)(F)F)S1(=O)=O.[CH3-].[Y]. The van der Waals surface area contributed by atoms with Gasteiger partial charge in [0, 0.05) is 38.3 Å². The molecule has 0 bridgehead atoms. The second-order valence-corrected chi connectivity index (χ2v) is 7.06. The Labute approximate surface area is 188 Å². The Bertz CT molecular complexity index is 936. The van der Waals surface area contributed by atoms with Crippen LogP contribution in [0.4, 0.5) is 19.1 Å². The second-order valence-electron chi connectivity index (χ2n) is 5.26. The van der Waals surface area contributed by atoms with E-state index in [1.54, 1.807) is 19.1 Å². The van der Waals surface area contributed by atoms with E-state index in [9.17, 15) is 26.7 Å². The van der Waals surface area contributed by atoms with Crippen molar-refractivity contribution in [3.8, 4) is 0 Å². The topological polar surface area (TPSA) is 70.8 Å². The van der Waals surface area contributed by atoms with Crippen molar-refractivity contribution < 1.29 is 63.8 Å². The number of rotatable bonds is 2. The number of alkyl halides is 3. The van der Waals surface area contributed by atoms with Crippen molar-refractivity contribution in [3.63, 3.8) is 0 Å². The third-order valence-corrected chi connectivity index (χ3v) is 5.41. The zero-order valence-electron chi connectivity index (χ0n) is 15.9. The van der Waals surface area contributed by atoms with Gasteiger partial charge in [0.25, 0.3) is 10.0 Å². The molecule has 0 saturated heterocycles. The number of aliphatic hydroxyl groups excluding tert-OH is 1. The van der Waals surface area contributed by atoms with Crippen LogP contribution in [0.3, 0.4) is 0 Å². The molecular weight excluding hydrogens is 472 g/mol. The van der Waals surface area contributed by atoms with Crippen LogP contribution >= 0.6 is 0 Å². The molecule has 0 amide bonds. The molecule has 5 nitrogen and oxygen atoms in total. The molecule has 0 atom stereocenters. The van der Waals surface area contributed by atoms with Crippen molar-refractivity contribution in [2.45, 2.75) is 26.9 Å². The molecule has 1 aromatic carbocycles. The normalized spacial score (nSPS) is 14.9. The van der Waals surface area contributed by atoms with E-state index in [0.717, 1.165) is 6.26 Å². The zero-order chi connectivity index (χ0) is 19.7. The Morgan fingerprint density at radius 3 is 2.21 bits per heavy atom. The molecule has 1 radical (unpaired) electrons. The van der Waals surface area contributed by atoms with Gasteiger partial charge in [-0.2, -0.15) is 13.2 Å². The number of furan rings is 1. The van der Waals surface area contributed by atoms with E-state index in [0.29, 0.717) is 5.56 Å². The first-order valence-corrected chi connectivity index (χ1v) is 9.23. The third-order valence-electron chi connectivity index (χ3n) is 3.60. The predicted octanol–water partition coefficient (Wildman–Crippen LogP) is 5.16. The van der Waals surface area contributed by atoms with E-state index >= 15 is 0 Å². The van der Waals surface area contributed by atoms with Gasteiger partial charge in [0.2, 0.25) is 5.88 Å². The van der Waals surface area contributed by atoms with Crippen molar-refractivity contribution in [1.29, 1.82) is 0 Å². The van der Waals surface area contributed by atoms with Crippen molar-refractivity contribution in [2.75, 3.05) is 10.8 Å². The summed E-state index contributed by atoms with van der Waals surface area (Å²) in [6, 6.07) is 7.44. The molecular formula is C18H21F3NO4SY-. The molecule has 0 saturated carbocycles. The van der Waals surface area contributed by atoms with Gasteiger partial charge in [-0.15, -0.1) is 0 Å². The molecule has 2 heterocycles. The van der Waals surface area contributed by atoms with Crippen LogP contribution in [0.15, 0.2) is 41.0 Å². The molecule has 1 aromatic heterocycles. The van der Waals surface area contributed by atoms with Gasteiger partial charge < -0.3 is 17.0 Å². The molecule has 153 valence electrons. The standard InChI is InChI=1S/C15H12F3NO4S.C2H6.CH3.Y/c1-9-4-2-3-5-10(9)13-12(20)11-6-7-23-14(11)19(24(13,21)22)8-15(16,17)18;1-2;;/h2-7,20H,8H2,1H3;1-2H3;1H3;/q;;-1;. The molecule has 1 aliphatic heterocycles. The van der Waals surface area contributed by atoms with Gasteiger partial charge in [-0.3, -0.25) is 0 Å². The fourth-order valence-corrected chi connectivity index (χ4v) is 4.31. The molecule has 0 unspecified atom stereocenters. The van der Waals surface area contributed by atoms with E-state index in [1.165, 1.54) is 18.2 Å². The monoisotopic (exact) mass is 493 g/mol. The van der Waals surface area contributed by atoms with E-state index in [-0.39, 0.29) is 55.6 Å².